The number of hydrogen-bond acceptors (Lipinski definition) is 21. The third-order valence-corrected chi connectivity index (χ3v) is 12.1. The summed E-state index contributed by atoms with van der Waals surface area (Å²) in [7, 11) is 0. The molecule has 1 amide bonds. The van der Waals surface area contributed by atoms with Crippen molar-refractivity contribution >= 4 is 41.7 Å². The van der Waals surface area contributed by atoms with E-state index in [0.717, 1.165) is 0 Å². The van der Waals surface area contributed by atoms with Gasteiger partial charge < -0.3 is 38.8 Å². The number of carboxylic acid groups (broad SMARTS) is 1. The van der Waals surface area contributed by atoms with Crippen LogP contribution in [0.2, 0.25) is 0 Å². The molecule has 0 bridgehead atoms. The first kappa shape index (κ1) is 72.0. The molecule has 464 valence electrons. The number of carboxylic acids is 1. The van der Waals surface area contributed by atoms with E-state index in [0.29, 0.717) is 105 Å². The quantitative estimate of drug-likeness (QED) is 0.140. The van der Waals surface area contributed by atoms with E-state index >= 15 is 0 Å². The van der Waals surface area contributed by atoms with Gasteiger partial charge in [0, 0.05) is 118 Å². The van der Waals surface area contributed by atoms with Crippen LogP contribution in [0.1, 0.15) is 125 Å². The first-order valence-electron chi connectivity index (χ1n) is 28.6. The van der Waals surface area contributed by atoms with Crippen molar-refractivity contribution in [3.8, 4) is 0 Å². The highest BCUT2D eigenvalue weighted by Crippen LogP contribution is 2.15. The Bertz CT molecular complexity index is 1910. The molecule has 0 aliphatic carbocycles. The summed E-state index contributed by atoms with van der Waals surface area (Å²) in [5.74, 6) is -3.80. The maximum absolute atomic E-state index is 14.3. The third-order valence-electron chi connectivity index (χ3n) is 12.1. The number of nitrogens with zero attached hydrogens (tertiary/aromatic N) is 8. The number of nitrogens with one attached hydrogen (secondary N) is 1. The van der Waals surface area contributed by atoms with Gasteiger partial charge in [-0.25, -0.2) is 4.79 Å². The van der Waals surface area contributed by atoms with Gasteiger partial charge in [-0.1, -0.05) is 0 Å². The Labute approximate surface area is 479 Å². The summed E-state index contributed by atoms with van der Waals surface area (Å²) in [4.78, 5) is 110. The van der Waals surface area contributed by atoms with Crippen LogP contribution in [0.15, 0.2) is 0 Å². The lowest BCUT2D eigenvalue weighted by Gasteiger charge is -2.35. The molecule has 2 N–H and O–H groups in total. The van der Waals surface area contributed by atoms with Crippen molar-refractivity contribution in [2.45, 2.75) is 164 Å². The van der Waals surface area contributed by atoms with E-state index < -0.39 is 69.8 Å². The molecule has 0 aromatic rings. The zero-order chi connectivity index (χ0) is 60.9. The van der Waals surface area contributed by atoms with Crippen LogP contribution in [0.4, 0.5) is 0 Å². The van der Waals surface area contributed by atoms with Crippen molar-refractivity contribution in [1.82, 2.24) is 44.5 Å². The molecule has 23 nitrogen and oxygen atoms in total. The average Bonchev–Trinajstić information content (AvgIpc) is 3.23. The fourth-order valence-corrected chi connectivity index (χ4v) is 8.66. The predicted molar refractivity (Wildman–Crippen MR) is 306 cm³/mol. The van der Waals surface area contributed by atoms with Crippen molar-refractivity contribution in [2.24, 2.45) is 0 Å². The van der Waals surface area contributed by atoms with Gasteiger partial charge in [-0.3, -0.25) is 68.0 Å². The molecule has 0 aromatic carbocycles. The summed E-state index contributed by atoms with van der Waals surface area (Å²) in [6.07, 6.45) is 0. The first-order chi connectivity index (χ1) is 36.6. The Hall–Kier alpha value is -4.07. The summed E-state index contributed by atoms with van der Waals surface area (Å²) < 4.78 is 34.6. The molecular formula is C57H107N9O14. The van der Waals surface area contributed by atoms with Crippen LogP contribution in [-0.2, 0) is 62.0 Å². The van der Waals surface area contributed by atoms with Crippen molar-refractivity contribution in [1.29, 1.82) is 0 Å². The van der Waals surface area contributed by atoms with Gasteiger partial charge in [0.1, 0.15) is 34.0 Å². The first-order valence-corrected chi connectivity index (χ1v) is 28.6. The molecule has 0 saturated carbocycles. The summed E-state index contributed by atoms with van der Waals surface area (Å²) in [5.41, 5.74) is -3.93. The monoisotopic (exact) mass is 1140 g/mol. The van der Waals surface area contributed by atoms with Crippen molar-refractivity contribution in [3.05, 3.63) is 0 Å². The van der Waals surface area contributed by atoms with Gasteiger partial charge in [0.05, 0.1) is 51.5 Å². The Morgan fingerprint density at radius 2 is 0.575 bits per heavy atom. The SMILES string of the molecule is CC(C)(C)OCCN1CCN(CC(=O)OC(C)(C)C)CCN(CC(=O)OC(C)(C)C)CCN(C[C@@H](NC(=O)CN2CCN(CC(=O)OC(C)(C)C)CCN(CC(=O)OC(C)(C)C)CCN(CC(=O)OC(C)(C)C)CC2)C(=O)O)CC1. The van der Waals surface area contributed by atoms with Gasteiger partial charge in [-0.05, 0) is 125 Å². The fourth-order valence-electron chi connectivity index (χ4n) is 8.66. The summed E-state index contributed by atoms with van der Waals surface area (Å²) in [5, 5.41) is 13.6. The van der Waals surface area contributed by atoms with Gasteiger partial charge in [-0.2, -0.15) is 0 Å². The van der Waals surface area contributed by atoms with Crippen LogP contribution in [0, 0.1) is 0 Å². The molecule has 2 fully saturated rings. The van der Waals surface area contributed by atoms with Gasteiger partial charge in [0.2, 0.25) is 5.91 Å². The molecule has 23 heteroatoms. The van der Waals surface area contributed by atoms with E-state index in [1.165, 1.54) is 0 Å². The molecule has 2 aliphatic rings. The summed E-state index contributed by atoms with van der Waals surface area (Å²) in [6, 6.07) is -1.33. The second-order valence-electron chi connectivity index (χ2n) is 27.2. The van der Waals surface area contributed by atoms with Crippen LogP contribution in [0.5, 0.6) is 0 Å². The van der Waals surface area contributed by atoms with Crippen molar-refractivity contribution in [2.75, 3.05) is 164 Å². The molecule has 0 radical (unpaired) electrons. The average molecular weight is 1140 g/mol. The number of amides is 1. The van der Waals surface area contributed by atoms with Gasteiger partial charge in [-0.15, -0.1) is 0 Å². The van der Waals surface area contributed by atoms with E-state index in [2.05, 4.69) is 10.2 Å². The fraction of sp³-hybridized carbons (Fsp3) is 0.877. The molecule has 2 heterocycles. The Morgan fingerprint density at radius 1 is 0.350 bits per heavy atom. The zero-order valence-electron chi connectivity index (χ0n) is 52.6. The van der Waals surface area contributed by atoms with Gasteiger partial charge in [0.25, 0.3) is 0 Å². The number of carbonyl (C=O) groups is 7. The largest absolute Gasteiger partial charge is 0.480 e. The minimum absolute atomic E-state index is 0.0165. The molecular weight excluding hydrogens is 1030 g/mol. The minimum Gasteiger partial charge on any atom is -0.480 e. The lowest BCUT2D eigenvalue weighted by atomic mass is 10.2. The van der Waals surface area contributed by atoms with E-state index in [9.17, 15) is 38.7 Å². The standard InChI is InChI=1S/C57H107N9O14/c1-52(2,3)75-36-35-59-19-21-60(23-26-63(40-47(69)77-54(7,8)9)30-29-62(22-20-59)39-46(68)76-53(4,5)6)37-44(51(73)74)58-45(67)38-61-24-27-64(41-48(70)78-55(10,11)12)31-33-66(43-50(72)80-57(16,17)18)34-32-65(28-25-61)42-49(71)79-56(13,14)15/h44H,19-43H2,1-18H3,(H,58,67)(H,73,74)/t44-/m1/s1. The molecule has 0 unspecified atom stereocenters. The highest BCUT2D eigenvalue weighted by Gasteiger charge is 2.30. The Morgan fingerprint density at radius 3 is 0.800 bits per heavy atom. The number of aliphatic carboxylic acids is 1. The van der Waals surface area contributed by atoms with Crippen LogP contribution in [0.25, 0.3) is 0 Å². The van der Waals surface area contributed by atoms with Crippen LogP contribution in [-0.4, -0.2) is 289 Å². The molecule has 2 saturated heterocycles. The third kappa shape index (κ3) is 36.4. The maximum Gasteiger partial charge on any atom is 0.327 e. The smallest absolute Gasteiger partial charge is 0.327 e. The van der Waals surface area contributed by atoms with Crippen LogP contribution >= 0.6 is 0 Å². The summed E-state index contributed by atoms with van der Waals surface area (Å²) in [6.45, 7) is 39.8. The normalized spacial score (nSPS) is 19.0. The predicted octanol–water partition coefficient (Wildman–Crippen LogP) is 2.52. The Balaban J connectivity index is 2.50. The van der Waals surface area contributed by atoms with Gasteiger partial charge in [0.15, 0.2) is 0 Å². The molecule has 80 heavy (non-hydrogen) atoms. The van der Waals surface area contributed by atoms with E-state index in [1.807, 2.05) is 75.8 Å². The maximum atomic E-state index is 14.3. The lowest BCUT2D eigenvalue weighted by molar-refractivity contribution is -0.158. The molecule has 2 aliphatic heterocycles. The van der Waals surface area contributed by atoms with E-state index in [4.69, 9.17) is 28.4 Å². The molecule has 0 spiro atoms. The molecule has 0 aromatic heterocycles. The van der Waals surface area contributed by atoms with E-state index in [-0.39, 0.29) is 70.5 Å². The second-order valence-corrected chi connectivity index (χ2v) is 27.2. The zero-order valence-corrected chi connectivity index (χ0v) is 52.6. The van der Waals surface area contributed by atoms with Crippen molar-refractivity contribution in [3.63, 3.8) is 0 Å². The molecule has 1 atom stereocenters. The molecule has 2 rings (SSSR count). The number of rotatable bonds is 19. The van der Waals surface area contributed by atoms with Crippen LogP contribution in [0.3, 0.4) is 0 Å². The number of hydrogen-bond donors (Lipinski definition) is 2. The number of ether oxygens (including phenoxy) is 6. The van der Waals surface area contributed by atoms with Gasteiger partial charge >= 0.3 is 35.8 Å². The highest BCUT2D eigenvalue weighted by atomic mass is 16.6. The number of esters is 5. The minimum atomic E-state index is -1.33. The number of carbonyl (C=O) groups excluding carboxylic acids is 6. The van der Waals surface area contributed by atoms with Crippen molar-refractivity contribution < 1.29 is 67.1 Å². The lowest BCUT2D eigenvalue weighted by Crippen LogP contribution is -2.55. The highest BCUT2D eigenvalue weighted by molar-refractivity contribution is 5.85. The second kappa shape index (κ2) is 32.7. The topological polar surface area (TPSA) is 233 Å². The summed E-state index contributed by atoms with van der Waals surface area (Å²) >= 11 is 0. The van der Waals surface area contributed by atoms with Crippen LogP contribution < -0.4 is 5.32 Å². The van der Waals surface area contributed by atoms with E-state index in [1.54, 1.807) is 83.1 Å². The Kier molecular flexibility index (Phi) is 29.4.